The number of anilines is 2. The van der Waals surface area contributed by atoms with E-state index in [1.165, 1.54) is 18.3 Å². The Kier molecular flexibility index (Phi) is 5.82. The number of hydrogen-bond donors (Lipinski definition) is 1. The minimum Gasteiger partial charge on any atom is -0.494 e. The molecular weight excluding hydrogens is 438 g/mol. The van der Waals surface area contributed by atoms with Gasteiger partial charge in [0.2, 0.25) is 0 Å². The number of fused-ring (bicyclic) bond motifs is 1. The molecule has 0 spiro atoms. The Morgan fingerprint density at radius 1 is 1.06 bits per heavy atom. The van der Waals surface area contributed by atoms with E-state index in [-0.39, 0.29) is 17.9 Å². The number of aromatic nitrogens is 5. The molecule has 0 amide bonds. The summed E-state index contributed by atoms with van der Waals surface area (Å²) in [5.41, 5.74) is 1.89. The fraction of sp³-hybridized carbons (Fsp3) is 0.120. The molecule has 1 N–H and O–H groups in total. The minimum absolute atomic E-state index is 0.105. The van der Waals surface area contributed by atoms with Crippen molar-refractivity contribution in [3.8, 4) is 17.3 Å². The zero-order valence-electron chi connectivity index (χ0n) is 18.2. The average Bonchev–Trinajstić information content (AvgIpc) is 3.21. The predicted molar refractivity (Wildman–Crippen MR) is 124 cm³/mol. The van der Waals surface area contributed by atoms with Crippen molar-refractivity contribution in [1.82, 2.24) is 24.7 Å². The maximum Gasteiger partial charge on any atom is 0.182 e. The van der Waals surface area contributed by atoms with E-state index in [0.29, 0.717) is 29.5 Å². The maximum atomic E-state index is 14.7. The first kappa shape index (κ1) is 21.4. The van der Waals surface area contributed by atoms with Crippen LogP contribution in [0.2, 0.25) is 0 Å². The number of ether oxygens (including phenoxy) is 1. The van der Waals surface area contributed by atoms with Crippen LogP contribution in [0.4, 0.5) is 20.3 Å². The summed E-state index contributed by atoms with van der Waals surface area (Å²) >= 11 is 0. The van der Waals surface area contributed by atoms with Crippen LogP contribution in [0.5, 0.6) is 5.75 Å². The standard InChI is InChI=1S/C25H19F2N6O/c1-2-34-17-13-20(26)19(21(27)14-17)15-33-22-6-4-3-5-18(22)24(32-33)25-29-12-9-23(31-25)30-16-7-10-28-11-8-16/h3-8,10-14H,2,15H2,1H3,(H,28,29,30,31). The van der Waals surface area contributed by atoms with Gasteiger partial charge in [-0.1, -0.05) is 18.2 Å². The van der Waals surface area contributed by atoms with Crippen LogP contribution in [-0.4, -0.2) is 31.3 Å². The number of para-hydroxylation sites is 1. The van der Waals surface area contributed by atoms with Gasteiger partial charge >= 0.3 is 0 Å². The lowest BCUT2D eigenvalue weighted by Crippen LogP contribution is -2.07. The van der Waals surface area contributed by atoms with Crippen LogP contribution in [-0.2, 0) is 6.54 Å². The molecule has 2 aromatic carbocycles. The zero-order valence-corrected chi connectivity index (χ0v) is 18.2. The lowest BCUT2D eigenvalue weighted by Gasteiger charge is -2.09. The van der Waals surface area contributed by atoms with Crippen LogP contribution in [0.1, 0.15) is 12.5 Å². The van der Waals surface area contributed by atoms with Crippen molar-refractivity contribution in [3.63, 3.8) is 0 Å². The van der Waals surface area contributed by atoms with Crippen molar-refractivity contribution in [2.75, 3.05) is 11.9 Å². The van der Waals surface area contributed by atoms with Gasteiger partial charge in [-0.05, 0) is 25.1 Å². The summed E-state index contributed by atoms with van der Waals surface area (Å²) in [5.74, 6) is -0.426. The van der Waals surface area contributed by atoms with E-state index in [1.54, 1.807) is 36.1 Å². The van der Waals surface area contributed by atoms with Gasteiger partial charge in [0.25, 0.3) is 0 Å². The van der Waals surface area contributed by atoms with Crippen molar-refractivity contribution in [3.05, 3.63) is 90.4 Å². The predicted octanol–water partition coefficient (Wildman–Crippen LogP) is 5.16. The second kappa shape index (κ2) is 9.22. The third kappa shape index (κ3) is 4.27. The quantitative estimate of drug-likeness (QED) is 0.364. The molecule has 0 saturated carbocycles. The average molecular weight is 457 g/mol. The second-order valence-corrected chi connectivity index (χ2v) is 7.37. The normalized spacial score (nSPS) is 11.0. The molecular formula is C25H19F2N6O. The van der Waals surface area contributed by atoms with Crippen LogP contribution in [0.25, 0.3) is 22.4 Å². The fourth-order valence-corrected chi connectivity index (χ4v) is 3.62. The highest BCUT2D eigenvalue weighted by Gasteiger charge is 2.18. The van der Waals surface area contributed by atoms with E-state index in [0.717, 1.165) is 11.1 Å². The van der Waals surface area contributed by atoms with Crippen molar-refractivity contribution in [2.24, 2.45) is 0 Å². The van der Waals surface area contributed by atoms with Crippen LogP contribution in [0.3, 0.4) is 0 Å². The number of nitrogens with one attached hydrogen (secondary N) is 1. The first-order valence-electron chi connectivity index (χ1n) is 10.6. The molecule has 0 bridgehead atoms. The lowest BCUT2D eigenvalue weighted by atomic mass is 10.1. The number of pyridine rings is 1. The molecule has 0 unspecified atom stereocenters. The van der Waals surface area contributed by atoms with Gasteiger partial charge in [-0.25, -0.2) is 18.7 Å². The molecule has 0 aliphatic carbocycles. The molecule has 169 valence electrons. The fourth-order valence-electron chi connectivity index (χ4n) is 3.62. The van der Waals surface area contributed by atoms with Crippen molar-refractivity contribution < 1.29 is 13.5 Å². The van der Waals surface area contributed by atoms with E-state index in [9.17, 15) is 8.78 Å². The number of nitrogens with zero attached hydrogens (tertiary/aromatic N) is 5. The van der Waals surface area contributed by atoms with Crippen molar-refractivity contribution in [1.29, 1.82) is 0 Å². The van der Waals surface area contributed by atoms with Crippen molar-refractivity contribution >= 4 is 22.4 Å². The summed E-state index contributed by atoms with van der Waals surface area (Å²) in [5, 5.41) is 8.53. The Balaban J connectivity index is 1.53. The SMILES string of the molecule is CCOc1cc(F)c(Cn2nc(-c3nc[c]c(Nc4ccncc4)n3)c3ccccc32)c(F)c1. The minimum atomic E-state index is -0.695. The van der Waals surface area contributed by atoms with Gasteiger partial charge in [-0.2, -0.15) is 5.10 Å². The molecule has 7 nitrogen and oxygen atoms in total. The van der Waals surface area contributed by atoms with Crippen molar-refractivity contribution in [2.45, 2.75) is 13.5 Å². The Morgan fingerprint density at radius 3 is 2.59 bits per heavy atom. The monoisotopic (exact) mass is 457 g/mol. The highest BCUT2D eigenvalue weighted by molar-refractivity contribution is 5.91. The molecule has 5 rings (SSSR count). The number of halogens is 2. The Morgan fingerprint density at radius 2 is 1.82 bits per heavy atom. The first-order chi connectivity index (χ1) is 16.6. The summed E-state index contributed by atoms with van der Waals surface area (Å²) in [6.07, 6.45) is 4.84. The molecule has 0 saturated heterocycles. The van der Waals surface area contributed by atoms with E-state index < -0.39 is 11.6 Å². The van der Waals surface area contributed by atoms with Gasteiger partial charge in [-0.3, -0.25) is 9.67 Å². The molecule has 3 heterocycles. The Bertz CT molecular complexity index is 1430. The molecule has 1 radical (unpaired) electrons. The van der Waals surface area contributed by atoms with Gasteiger partial charge in [0.15, 0.2) is 5.82 Å². The van der Waals surface area contributed by atoms with Gasteiger partial charge in [0.1, 0.15) is 28.9 Å². The molecule has 34 heavy (non-hydrogen) atoms. The topological polar surface area (TPSA) is 77.8 Å². The molecule has 0 aliphatic heterocycles. The van der Waals surface area contributed by atoms with Crippen LogP contribution in [0.15, 0.2) is 67.1 Å². The molecule has 0 fully saturated rings. The van der Waals surface area contributed by atoms with Gasteiger partial charge in [0.05, 0.1) is 18.7 Å². The molecule has 3 aromatic heterocycles. The van der Waals surface area contributed by atoms with Gasteiger partial charge in [-0.15, -0.1) is 0 Å². The Hall–Kier alpha value is -4.40. The molecule has 5 aromatic rings. The van der Waals surface area contributed by atoms with E-state index in [4.69, 9.17) is 4.74 Å². The summed E-state index contributed by atoms with van der Waals surface area (Å²) < 4.78 is 36.2. The number of rotatable bonds is 7. The number of benzene rings is 2. The molecule has 0 atom stereocenters. The van der Waals surface area contributed by atoms with Crippen LogP contribution in [0, 0.1) is 17.7 Å². The first-order valence-corrected chi connectivity index (χ1v) is 10.6. The van der Waals surface area contributed by atoms with E-state index >= 15 is 0 Å². The Labute approximate surface area is 194 Å². The van der Waals surface area contributed by atoms with Gasteiger partial charge < -0.3 is 10.1 Å². The van der Waals surface area contributed by atoms with Gasteiger partial charge in [0, 0.05) is 53.4 Å². The number of hydrogen-bond acceptors (Lipinski definition) is 6. The molecule has 9 heteroatoms. The highest BCUT2D eigenvalue weighted by Crippen LogP contribution is 2.28. The summed E-state index contributed by atoms with van der Waals surface area (Å²) in [4.78, 5) is 12.9. The largest absolute Gasteiger partial charge is 0.494 e. The van der Waals surface area contributed by atoms with Crippen LogP contribution >= 0.6 is 0 Å². The van der Waals surface area contributed by atoms with E-state index in [1.807, 2.05) is 24.3 Å². The maximum absolute atomic E-state index is 14.7. The lowest BCUT2D eigenvalue weighted by molar-refractivity contribution is 0.335. The highest BCUT2D eigenvalue weighted by atomic mass is 19.1. The summed E-state index contributed by atoms with van der Waals surface area (Å²) in [6.45, 7) is 1.96. The smallest absolute Gasteiger partial charge is 0.182 e. The van der Waals surface area contributed by atoms with Crippen LogP contribution < -0.4 is 10.1 Å². The van der Waals surface area contributed by atoms with E-state index in [2.05, 4.69) is 31.4 Å². The zero-order chi connectivity index (χ0) is 23.5. The third-order valence-corrected chi connectivity index (χ3v) is 5.15. The molecule has 0 aliphatic rings. The second-order valence-electron chi connectivity index (χ2n) is 7.37. The third-order valence-electron chi connectivity index (χ3n) is 5.15. The summed E-state index contributed by atoms with van der Waals surface area (Å²) in [7, 11) is 0. The summed E-state index contributed by atoms with van der Waals surface area (Å²) in [6, 6.07) is 16.3.